The molecule has 0 radical (unpaired) electrons. The molecule has 3 aliphatic rings. The predicted molar refractivity (Wildman–Crippen MR) is 179 cm³/mol. The molecular weight excluding hydrogens is 635 g/mol. The zero-order valence-electron chi connectivity index (χ0n) is 26.7. The normalized spacial score (nSPS) is 20.4. The van der Waals surface area contributed by atoms with Crippen molar-refractivity contribution in [2.45, 2.75) is 44.3 Å². The highest BCUT2D eigenvalue weighted by Gasteiger charge is 2.33. The Morgan fingerprint density at radius 2 is 2.04 bits per heavy atom. The molecule has 11 nitrogen and oxygen atoms in total. The fourth-order valence-corrected chi connectivity index (χ4v) is 7.25. The number of carbonyl (C=O) groups is 1. The molecule has 2 aromatic carbocycles. The highest BCUT2D eigenvalue weighted by Crippen LogP contribution is 2.38. The minimum Gasteiger partial charge on any atom is -0.462 e. The van der Waals surface area contributed by atoms with Crippen molar-refractivity contribution < 1.29 is 18.4 Å². The van der Waals surface area contributed by atoms with E-state index in [-0.39, 0.29) is 48.0 Å². The van der Waals surface area contributed by atoms with Gasteiger partial charge in [0.1, 0.15) is 18.6 Å². The number of nitrogens with one attached hydrogen (secondary N) is 1. The second-order valence-electron chi connectivity index (χ2n) is 12.5. The minimum atomic E-state index is -0.993. The van der Waals surface area contributed by atoms with Gasteiger partial charge in [-0.25, -0.2) is 4.39 Å². The van der Waals surface area contributed by atoms with Gasteiger partial charge in [-0.1, -0.05) is 41.0 Å². The maximum Gasteiger partial charge on any atom is 0.317 e. The number of piperazine rings is 1. The molecular formula is C35H36ClFN8O3. The first-order chi connectivity index (χ1) is 23.4. The largest absolute Gasteiger partial charge is 0.462 e. The third kappa shape index (κ3) is 6.33. The van der Waals surface area contributed by atoms with Gasteiger partial charge in [0, 0.05) is 61.0 Å². The molecule has 0 unspecified atom stereocenters. The number of nitriles is 1. The van der Waals surface area contributed by atoms with Gasteiger partial charge in [-0.2, -0.15) is 15.2 Å². The summed E-state index contributed by atoms with van der Waals surface area (Å²) < 4.78 is 28.1. The number of likely N-dealkylation sites (N-methyl/N-ethyl adjacent to an activating group) is 1. The van der Waals surface area contributed by atoms with Crippen molar-refractivity contribution in [2.75, 3.05) is 51.3 Å². The van der Waals surface area contributed by atoms with Crippen LogP contribution in [-0.4, -0.2) is 89.3 Å². The topological polar surface area (TPSA) is 124 Å². The van der Waals surface area contributed by atoms with Crippen LogP contribution in [0.5, 0.6) is 6.01 Å². The fraction of sp³-hybridized carbons (Fsp3) is 0.400. The summed E-state index contributed by atoms with van der Waals surface area (Å²) in [5.74, 6) is -1.78. The molecule has 0 bridgehead atoms. The number of anilines is 1. The second kappa shape index (κ2) is 13.9. The number of halogens is 2. The monoisotopic (exact) mass is 670 g/mol. The fourth-order valence-electron chi connectivity index (χ4n) is 6.97. The van der Waals surface area contributed by atoms with Crippen LogP contribution in [0.2, 0.25) is 5.02 Å². The van der Waals surface area contributed by atoms with Crippen LogP contribution in [-0.2, 0) is 17.8 Å². The molecule has 0 saturated carbocycles. The number of amides is 1. The smallest absolute Gasteiger partial charge is 0.317 e. The van der Waals surface area contributed by atoms with Crippen molar-refractivity contribution in [3.05, 3.63) is 82.2 Å². The number of ether oxygens (including phenoxy) is 1. The highest BCUT2D eigenvalue weighted by molar-refractivity contribution is 6.36. The third-order valence-electron chi connectivity index (χ3n) is 9.51. The maximum atomic E-state index is 16.7. The van der Waals surface area contributed by atoms with E-state index in [0.717, 1.165) is 35.8 Å². The first kappa shape index (κ1) is 32.0. The molecule has 2 atom stereocenters. The molecule has 48 heavy (non-hydrogen) atoms. The van der Waals surface area contributed by atoms with Crippen molar-refractivity contribution in [1.82, 2.24) is 30.2 Å². The van der Waals surface area contributed by atoms with E-state index in [1.54, 1.807) is 0 Å². The lowest BCUT2D eigenvalue weighted by Crippen LogP contribution is -2.52. The summed E-state index contributed by atoms with van der Waals surface area (Å²) in [5.41, 5.74) is 2.70. The van der Waals surface area contributed by atoms with Gasteiger partial charge in [0.2, 0.25) is 0 Å². The first-order valence-electron chi connectivity index (χ1n) is 16.3. The van der Waals surface area contributed by atoms with Gasteiger partial charge in [0.25, 0.3) is 5.91 Å². The van der Waals surface area contributed by atoms with E-state index in [0.29, 0.717) is 55.5 Å². The maximum absolute atomic E-state index is 16.7. The van der Waals surface area contributed by atoms with E-state index >= 15 is 4.39 Å². The van der Waals surface area contributed by atoms with Crippen molar-refractivity contribution in [3.8, 4) is 12.1 Å². The number of likely N-dealkylation sites (tertiary alicyclic amines) is 1. The van der Waals surface area contributed by atoms with Crippen LogP contribution in [0, 0.1) is 11.3 Å². The predicted octanol–water partition coefficient (Wildman–Crippen LogP) is 4.75. The Kier molecular flexibility index (Phi) is 9.26. The average Bonchev–Trinajstić information content (AvgIpc) is 3.79. The van der Waals surface area contributed by atoms with Crippen LogP contribution >= 0.6 is 11.6 Å². The van der Waals surface area contributed by atoms with Crippen LogP contribution in [0.15, 0.2) is 59.1 Å². The SMILES string of the molecule is CN1CCC[C@H]1COc1nc2c(c(/C(=C(/F)C(=O)N3CCN[C@@H](CC#N)C3)c3ccon3)n1)CCN(c1cccc3cccc(Cl)c13)C2. The second-order valence-corrected chi connectivity index (χ2v) is 12.9. The number of benzene rings is 2. The van der Waals surface area contributed by atoms with E-state index in [2.05, 4.69) is 33.4 Å². The third-order valence-corrected chi connectivity index (χ3v) is 9.83. The summed E-state index contributed by atoms with van der Waals surface area (Å²) in [7, 11) is 2.07. The van der Waals surface area contributed by atoms with E-state index in [1.165, 1.54) is 17.2 Å². The number of rotatable bonds is 8. The lowest BCUT2D eigenvalue weighted by Gasteiger charge is -2.33. The molecule has 2 fully saturated rings. The summed E-state index contributed by atoms with van der Waals surface area (Å²) in [6, 6.07) is 15.7. The highest BCUT2D eigenvalue weighted by atomic mass is 35.5. The molecule has 5 heterocycles. The minimum absolute atomic E-state index is 0.0627. The van der Waals surface area contributed by atoms with Gasteiger partial charge < -0.3 is 29.3 Å². The van der Waals surface area contributed by atoms with Crippen LogP contribution < -0.4 is 15.0 Å². The van der Waals surface area contributed by atoms with Gasteiger partial charge in [-0.3, -0.25) is 4.79 Å². The zero-order chi connectivity index (χ0) is 33.2. The van der Waals surface area contributed by atoms with Crippen molar-refractivity contribution >= 4 is 39.5 Å². The number of hydrogen-bond acceptors (Lipinski definition) is 10. The Bertz CT molecular complexity index is 1890. The Balaban J connectivity index is 1.31. The molecule has 248 valence electrons. The lowest BCUT2D eigenvalue weighted by molar-refractivity contribution is -0.129. The summed E-state index contributed by atoms with van der Waals surface area (Å²) >= 11 is 6.71. The Labute approximate surface area is 282 Å². The Morgan fingerprint density at radius 1 is 1.19 bits per heavy atom. The van der Waals surface area contributed by atoms with Gasteiger partial charge in [0.15, 0.2) is 5.83 Å². The van der Waals surface area contributed by atoms with Crippen LogP contribution in [0.4, 0.5) is 10.1 Å². The summed E-state index contributed by atoms with van der Waals surface area (Å²) in [6.45, 7) is 3.30. The molecule has 2 aromatic heterocycles. The van der Waals surface area contributed by atoms with E-state index < -0.39 is 11.7 Å². The van der Waals surface area contributed by atoms with E-state index in [4.69, 9.17) is 30.8 Å². The summed E-state index contributed by atoms with van der Waals surface area (Å²) in [6.07, 6.45) is 4.09. The van der Waals surface area contributed by atoms with Gasteiger partial charge >= 0.3 is 6.01 Å². The van der Waals surface area contributed by atoms with Crippen LogP contribution in [0.1, 0.15) is 41.9 Å². The molecule has 7 rings (SSSR count). The standard InChI is InChI=1S/C35H36ClFN8O3/c1-43-15-4-7-24(43)21-47-35-40-28-20-44(29-9-3-6-22-5-2-8-26(36)30(22)29)16-11-25(28)33(41-35)31(27-12-18-48-42-27)32(37)34(46)45-17-14-39-23(19-45)10-13-38/h2-3,5-6,8-9,12,18,23-24,39H,4,7,10-11,14-17,19-21H2,1H3/b32-31+/t23-,24-/m0/s1. The molecule has 4 aromatic rings. The molecule has 3 aliphatic heterocycles. The number of hydrogen-bond donors (Lipinski definition) is 1. The summed E-state index contributed by atoms with van der Waals surface area (Å²) in [5, 5.41) is 19.1. The summed E-state index contributed by atoms with van der Waals surface area (Å²) in [4.78, 5) is 29.3. The van der Waals surface area contributed by atoms with Crippen molar-refractivity contribution in [3.63, 3.8) is 0 Å². The number of carbonyl (C=O) groups excluding carboxylic acids is 1. The van der Waals surface area contributed by atoms with Gasteiger partial charge in [-0.15, -0.1) is 0 Å². The first-order valence-corrected chi connectivity index (χ1v) is 16.6. The van der Waals surface area contributed by atoms with Crippen LogP contribution in [0.25, 0.3) is 16.3 Å². The molecule has 13 heteroatoms. The van der Waals surface area contributed by atoms with Gasteiger partial charge in [-0.05, 0) is 50.4 Å². The quantitative estimate of drug-likeness (QED) is 0.263. The molecule has 2 saturated heterocycles. The Morgan fingerprint density at radius 3 is 2.81 bits per heavy atom. The van der Waals surface area contributed by atoms with Crippen LogP contribution in [0.3, 0.4) is 0 Å². The number of fused-ring (bicyclic) bond motifs is 2. The van der Waals surface area contributed by atoms with Crippen molar-refractivity contribution in [2.24, 2.45) is 0 Å². The molecule has 0 aliphatic carbocycles. The van der Waals surface area contributed by atoms with Crippen molar-refractivity contribution in [1.29, 1.82) is 5.26 Å². The average molecular weight is 671 g/mol. The molecule has 1 N–H and O–H groups in total. The number of nitrogens with zero attached hydrogens (tertiary/aromatic N) is 7. The Hall–Kier alpha value is -4.57. The molecule has 0 spiro atoms. The van der Waals surface area contributed by atoms with E-state index in [1.807, 2.05) is 36.4 Å². The van der Waals surface area contributed by atoms with E-state index in [9.17, 15) is 10.1 Å². The lowest BCUT2D eigenvalue weighted by atomic mass is 9.95. The number of aromatic nitrogens is 3. The van der Waals surface area contributed by atoms with Gasteiger partial charge in [0.05, 0.1) is 41.0 Å². The zero-order valence-corrected chi connectivity index (χ0v) is 27.4. The molecule has 1 amide bonds.